The third kappa shape index (κ3) is 4.01. The second-order valence-electron chi connectivity index (χ2n) is 5.56. The number of carbonyl (C=O) groups is 1. The van der Waals surface area contributed by atoms with Crippen LogP contribution < -0.4 is 5.32 Å². The molecule has 1 aromatic rings. The summed E-state index contributed by atoms with van der Waals surface area (Å²) < 4.78 is 5.56. The molecule has 2 atom stereocenters. The fourth-order valence-corrected chi connectivity index (χ4v) is 3.20. The van der Waals surface area contributed by atoms with Crippen molar-refractivity contribution in [1.82, 2.24) is 10.3 Å². The molecule has 2 heterocycles. The molecule has 0 aromatic carbocycles. The summed E-state index contributed by atoms with van der Waals surface area (Å²) in [6.07, 6.45) is 2.82. The Labute approximate surface area is 123 Å². The second kappa shape index (κ2) is 7.15. The van der Waals surface area contributed by atoms with E-state index in [4.69, 9.17) is 4.74 Å². The molecule has 1 aliphatic heterocycles. The topological polar surface area (TPSA) is 71.5 Å². The third-order valence-corrected chi connectivity index (χ3v) is 4.21. The maximum absolute atomic E-state index is 12.1. The summed E-state index contributed by atoms with van der Waals surface area (Å²) in [5, 5.41) is 14.8. The van der Waals surface area contributed by atoms with Crippen LogP contribution in [0.4, 0.5) is 0 Å². The normalized spacial score (nSPS) is 20.3. The Hall–Kier alpha value is -0.980. The van der Waals surface area contributed by atoms with Crippen molar-refractivity contribution in [3.05, 3.63) is 16.1 Å². The summed E-state index contributed by atoms with van der Waals surface area (Å²) in [6.45, 7) is 4.85. The molecule has 0 radical (unpaired) electrons. The van der Waals surface area contributed by atoms with E-state index < -0.39 is 0 Å². The van der Waals surface area contributed by atoms with E-state index in [2.05, 4.69) is 24.1 Å². The first kappa shape index (κ1) is 15.4. The first-order valence-corrected chi connectivity index (χ1v) is 7.97. The lowest BCUT2D eigenvalue weighted by Gasteiger charge is -2.17. The Morgan fingerprint density at radius 1 is 1.65 bits per heavy atom. The number of aliphatic hydroxyl groups excluding tert-OH is 1. The summed E-state index contributed by atoms with van der Waals surface area (Å²) in [7, 11) is 0. The molecule has 1 aliphatic rings. The number of aliphatic hydroxyl groups is 1. The number of thiazole rings is 1. The molecular formula is C14H22N2O3S. The van der Waals surface area contributed by atoms with Gasteiger partial charge in [0.25, 0.3) is 5.91 Å². The zero-order valence-corrected chi connectivity index (χ0v) is 12.8. The zero-order valence-electron chi connectivity index (χ0n) is 12.0. The molecule has 6 heteroatoms. The van der Waals surface area contributed by atoms with Crippen molar-refractivity contribution >= 4 is 17.2 Å². The lowest BCUT2D eigenvalue weighted by molar-refractivity contribution is 0.0901. The van der Waals surface area contributed by atoms with Gasteiger partial charge in [-0.2, -0.15) is 0 Å². The lowest BCUT2D eigenvalue weighted by Crippen LogP contribution is -2.38. The van der Waals surface area contributed by atoms with Crippen molar-refractivity contribution in [2.24, 2.45) is 5.92 Å². The van der Waals surface area contributed by atoms with E-state index in [1.165, 1.54) is 11.3 Å². The van der Waals surface area contributed by atoms with Crippen LogP contribution in [0.25, 0.3) is 0 Å². The van der Waals surface area contributed by atoms with Crippen LogP contribution in [0.15, 0.2) is 5.38 Å². The molecule has 1 fully saturated rings. The van der Waals surface area contributed by atoms with Crippen LogP contribution in [0.1, 0.15) is 54.7 Å². The standard InChI is InChI=1S/C14H22N2O3S/c1-9(2)6-10(7-17)15-13(18)11-8-20-14(16-11)12-4-3-5-19-12/h8-10,12,17H,3-7H2,1-2H3,(H,15,18). The van der Waals surface area contributed by atoms with E-state index in [1.54, 1.807) is 5.38 Å². The zero-order chi connectivity index (χ0) is 14.5. The highest BCUT2D eigenvalue weighted by molar-refractivity contribution is 7.09. The quantitative estimate of drug-likeness (QED) is 0.844. The van der Waals surface area contributed by atoms with Gasteiger partial charge < -0.3 is 15.2 Å². The van der Waals surface area contributed by atoms with Crippen LogP contribution in [0.3, 0.4) is 0 Å². The minimum atomic E-state index is -0.217. The molecule has 1 aromatic heterocycles. The average Bonchev–Trinajstić information content (AvgIpc) is 3.07. The molecule has 5 nitrogen and oxygen atoms in total. The lowest BCUT2D eigenvalue weighted by atomic mass is 10.0. The Balaban J connectivity index is 1.94. The van der Waals surface area contributed by atoms with Crippen molar-refractivity contribution in [2.45, 2.75) is 45.3 Å². The van der Waals surface area contributed by atoms with E-state index in [-0.39, 0.29) is 24.7 Å². The van der Waals surface area contributed by atoms with Gasteiger partial charge in [0.15, 0.2) is 0 Å². The number of hydrogen-bond donors (Lipinski definition) is 2. The van der Waals surface area contributed by atoms with Gasteiger partial charge in [-0.15, -0.1) is 11.3 Å². The molecule has 112 valence electrons. The summed E-state index contributed by atoms with van der Waals surface area (Å²) >= 11 is 1.46. The number of hydrogen-bond acceptors (Lipinski definition) is 5. The Morgan fingerprint density at radius 3 is 3.05 bits per heavy atom. The maximum Gasteiger partial charge on any atom is 0.271 e. The summed E-state index contributed by atoms with van der Waals surface area (Å²) in [5.41, 5.74) is 0.419. The van der Waals surface area contributed by atoms with Gasteiger partial charge in [0.1, 0.15) is 16.8 Å². The molecule has 20 heavy (non-hydrogen) atoms. The van der Waals surface area contributed by atoms with Gasteiger partial charge in [-0.25, -0.2) is 4.98 Å². The predicted molar refractivity (Wildman–Crippen MR) is 77.8 cm³/mol. The first-order valence-electron chi connectivity index (χ1n) is 7.09. The highest BCUT2D eigenvalue weighted by Gasteiger charge is 2.23. The largest absolute Gasteiger partial charge is 0.394 e. The van der Waals surface area contributed by atoms with Crippen molar-refractivity contribution < 1.29 is 14.6 Å². The molecule has 1 amide bonds. The van der Waals surface area contributed by atoms with Crippen LogP contribution in [0.5, 0.6) is 0 Å². The molecule has 0 bridgehead atoms. The van der Waals surface area contributed by atoms with E-state index in [9.17, 15) is 9.90 Å². The van der Waals surface area contributed by atoms with Crippen LogP contribution in [-0.2, 0) is 4.74 Å². The number of aromatic nitrogens is 1. The predicted octanol–water partition coefficient (Wildman–Crippen LogP) is 2.13. The van der Waals surface area contributed by atoms with Gasteiger partial charge in [-0.05, 0) is 25.2 Å². The van der Waals surface area contributed by atoms with Crippen LogP contribution in [0, 0.1) is 5.92 Å². The number of carbonyl (C=O) groups excluding carboxylic acids is 1. The van der Waals surface area contributed by atoms with Crippen molar-refractivity contribution in [3.8, 4) is 0 Å². The van der Waals surface area contributed by atoms with Gasteiger partial charge in [0, 0.05) is 12.0 Å². The van der Waals surface area contributed by atoms with E-state index in [1.807, 2.05) is 0 Å². The maximum atomic E-state index is 12.1. The Morgan fingerprint density at radius 2 is 2.45 bits per heavy atom. The van der Waals surface area contributed by atoms with E-state index >= 15 is 0 Å². The Bertz CT molecular complexity index is 441. The molecule has 2 N–H and O–H groups in total. The fourth-order valence-electron chi connectivity index (χ4n) is 2.32. The number of rotatable bonds is 6. The summed E-state index contributed by atoms with van der Waals surface area (Å²) in [5.74, 6) is 0.204. The molecule has 2 rings (SSSR count). The third-order valence-electron chi connectivity index (χ3n) is 3.27. The van der Waals surface area contributed by atoms with E-state index in [0.29, 0.717) is 11.6 Å². The van der Waals surface area contributed by atoms with Gasteiger partial charge in [-0.3, -0.25) is 4.79 Å². The molecule has 1 saturated heterocycles. The first-order chi connectivity index (χ1) is 9.60. The van der Waals surface area contributed by atoms with Gasteiger partial charge in [-0.1, -0.05) is 13.8 Å². The van der Waals surface area contributed by atoms with Crippen LogP contribution in [0.2, 0.25) is 0 Å². The van der Waals surface area contributed by atoms with Crippen LogP contribution >= 0.6 is 11.3 Å². The fraction of sp³-hybridized carbons (Fsp3) is 0.714. The number of ether oxygens (including phenoxy) is 1. The van der Waals surface area contributed by atoms with E-state index in [0.717, 1.165) is 30.9 Å². The number of nitrogens with zero attached hydrogens (tertiary/aromatic N) is 1. The molecule has 0 saturated carbocycles. The van der Waals surface area contributed by atoms with Crippen LogP contribution in [-0.4, -0.2) is 35.3 Å². The number of nitrogens with one attached hydrogen (secondary N) is 1. The minimum Gasteiger partial charge on any atom is -0.394 e. The second-order valence-corrected chi connectivity index (χ2v) is 6.44. The average molecular weight is 298 g/mol. The van der Waals surface area contributed by atoms with Crippen molar-refractivity contribution in [3.63, 3.8) is 0 Å². The monoisotopic (exact) mass is 298 g/mol. The summed E-state index contributed by atoms with van der Waals surface area (Å²) in [6, 6.07) is -0.213. The molecule has 0 spiro atoms. The highest BCUT2D eigenvalue weighted by atomic mass is 32.1. The SMILES string of the molecule is CC(C)CC(CO)NC(=O)c1csc(C2CCCO2)n1. The van der Waals surface area contributed by atoms with Gasteiger partial charge >= 0.3 is 0 Å². The molecule has 2 unspecified atom stereocenters. The Kier molecular flexibility index (Phi) is 5.51. The smallest absolute Gasteiger partial charge is 0.271 e. The minimum absolute atomic E-state index is 0.0471. The van der Waals surface area contributed by atoms with Gasteiger partial charge in [0.05, 0.1) is 12.6 Å². The molecular weight excluding hydrogens is 276 g/mol. The number of amides is 1. The van der Waals surface area contributed by atoms with Crippen molar-refractivity contribution in [1.29, 1.82) is 0 Å². The highest BCUT2D eigenvalue weighted by Crippen LogP contribution is 2.30. The van der Waals surface area contributed by atoms with Gasteiger partial charge in [0.2, 0.25) is 0 Å². The van der Waals surface area contributed by atoms with Crippen molar-refractivity contribution in [2.75, 3.05) is 13.2 Å². The summed E-state index contributed by atoms with van der Waals surface area (Å²) in [4.78, 5) is 16.5. The molecule has 0 aliphatic carbocycles.